The normalized spacial score (nSPS) is 12.5. The molecule has 0 bridgehead atoms. The summed E-state index contributed by atoms with van der Waals surface area (Å²) >= 11 is 2.45. The Hall–Kier alpha value is 0.540. The molecular formula is C19H37ClIN. The number of hydrogen-bond donors (Lipinski definition) is 0. The van der Waals surface area contributed by atoms with Crippen LogP contribution in [0.5, 0.6) is 0 Å². The van der Waals surface area contributed by atoms with Gasteiger partial charge in [0.2, 0.25) is 4.05 Å². The van der Waals surface area contributed by atoms with Crippen LogP contribution in [-0.2, 0) is 0 Å². The lowest BCUT2D eigenvalue weighted by molar-refractivity contribution is -0.924. The van der Waals surface area contributed by atoms with E-state index in [4.69, 9.17) is 6.42 Å². The van der Waals surface area contributed by atoms with Gasteiger partial charge in [0.25, 0.3) is 0 Å². The van der Waals surface area contributed by atoms with Crippen LogP contribution in [0.2, 0.25) is 0 Å². The molecule has 0 aromatic heterocycles. The third-order valence-electron chi connectivity index (χ3n) is 4.83. The van der Waals surface area contributed by atoms with Crippen molar-refractivity contribution in [3.8, 4) is 12.3 Å². The number of quaternary nitrogens is 1. The van der Waals surface area contributed by atoms with Crippen LogP contribution < -0.4 is 12.4 Å². The largest absolute Gasteiger partial charge is 1.00 e. The number of rotatable bonds is 14. The number of terminal acetylenes is 1. The van der Waals surface area contributed by atoms with E-state index in [1.54, 1.807) is 0 Å². The minimum atomic E-state index is 0. The first-order valence-electron chi connectivity index (χ1n) is 9.12. The number of hydrogen-bond acceptors (Lipinski definition) is 0. The molecule has 0 radical (unpaired) electrons. The molecule has 0 amide bonds. The summed E-state index contributed by atoms with van der Waals surface area (Å²) in [6.45, 7) is 10.4. The van der Waals surface area contributed by atoms with Gasteiger partial charge in [0.05, 0.1) is 19.6 Å². The maximum Gasteiger partial charge on any atom is 0.200 e. The molecule has 0 aliphatic heterocycles. The van der Waals surface area contributed by atoms with Gasteiger partial charge in [0, 0.05) is 22.6 Å². The smallest absolute Gasteiger partial charge is 0.200 e. The second-order valence-corrected chi connectivity index (χ2v) is 7.44. The number of unbranched alkanes of at least 4 members (excludes halogenated alkanes) is 9. The first-order chi connectivity index (χ1) is 10.2. The summed E-state index contributed by atoms with van der Waals surface area (Å²) in [4.78, 5) is 0. The van der Waals surface area contributed by atoms with Gasteiger partial charge in [-0.25, -0.2) is 0 Å². The summed E-state index contributed by atoms with van der Waals surface area (Å²) in [5, 5.41) is 0. The molecule has 1 unspecified atom stereocenters. The highest BCUT2D eigenvalue weighted by atomic mass is 127. The first kappa shape index (κ1) is 24.8. The molecule has 0 aliphatic carbocycles. The van der Waals surface area contributed by atoms with Crippen molar-refractivity contribution >= 4 is 22.6 Å². The molecule has 0 fully saturated rings. The summed E-state index contributed by atoms with van der Waals surface area (Å²) in [5.41, 5.74) is 0. The number of alkyl halides is 1. The summed E-state index contributed by atoms with van der Waals surface area (Å²) in [7, 11) is 0. The van der Waals surface area contributed by atoms with Crippen LogP contribution in [-0.4, -0.2) is 28.2 Å². The molecule has 0 rings (SSSR count). The molecule has 22 heavy (non-hydrogen) atoms. The SMILES string of the molecule is C#CC(I)[N+](CC)(CC)CCCCCCCCCCCC.[Cl-]. The van der Waals surface area contributed by atoms with Gasteiger partial charge in [0.1, 0.15) is 0 Å². The minimum absolute atomic E-state index is 0. The predicted octanol–water partition coefficient (Wildman–Crippen LogP) is 3.16. The van der Waals surface area contributed by atoms with Crippen LogP contribution in [0.3, 0.4) is 0 Å². The fourth-order valence-electron chi connectivity index (χ4n) is 3.05. The zero-order chi connectivity index (χ0) is 16.0. The highest BCUT2D eigenvalue weighted by Gasteiger charge is 2.29. The molecular weight excluding hydrogens is 405 g/mol. The lowest BCUT2D eigenvalue weighted by Crippen LogP contribution is -3.00. The van der Waals surface area contributed by atoms with Crippen LogP contribution in [0.4, 0.5) is 0 Å². The van der Waals surface area contributed by atoms with Crippen LogP contribution in [0.1, 0.15) is 85.0 Å². The maximum absolute atomic E-state index is 5.66. The fraction of sp³-hybridized carbons (Fsp3) is 0.895. The van der Waals surface area contributed by atoms with Gasteiger partial charge in [-0.3, -0.25) is 0 Å². The number of halogens is 2. The number of nitrogens with zero attached hydrogens (tertiary/aromatic N) is 1. The summed E-state index contributed by atoms with van der Waals surface area (Å²) < 4.78 is 1.42. The Balaban J connectivity index is 0. The van der Waals surface area contributed by atoms with E-state index >= 15 is 0 Å². The Kier molecular flexibility index (Phi) is 18.5. The van der Waals surface area contributed by atoms with E-state index in [1.165, 1.54) is 70.8 Å². The standard InChI is InChI=1S/C19H37IN.ClH/c1-5-9-10-11-12-13-14-15-16-17-18-21(7-3,8-4)19(20)6-2;/h2,19H,5,7-18H2,1,3-4H3;1H/q+1;/p-1. The van der Waals surface area contributed by atoms with Crippen molar-refractivity contribution in [2.24, 2.45) is 0 Å². The molecule has 0 spiro atoms. The Morgan fingerprint density at radius 2 is 1.23 bits per heavy atom. The van der Waals surface area contributed by atoms with E-state index in [0.29, 0.717) is 4.05 Å². The molecule has 0 aliphatic rings. The van der Waals surface area contributed by atoms with Crippen molar-refractivity contribution in [2.45, 2.75) is 89.0 Å². The third kappa shape index (κ3) is 10.3. The average molecular weight is 442 g/mol. The lowest BCUT2D eigenvalue weighted by atomic mass is 10.1. The topological polar surface area (TPSA) is 0 Å². The Morgan fingerprint density at radius 1 is 0.818 bits per heavy atom. The highest BCUT2D eigenvalue weighted by molar-refractivity contribution is 14.1. The third-order valence-corrected chi connectivity index (χ3v) is 6.38. The van der Waals surface area contributed by atoms with Crippen molar-refractivity contribution in [1.29, 1.82) is 0 Å². The minimum Gasteiger partial charge on any atom is -1.00 e. The van der Waals surface area contributed by atoms with Crippen molar-refractivity contribution in [3.05, 3.63) is 0 Å². The first-order valence-corrected chi connectivity index (χ1v) is 10.4. The van der Waals surface area contributed by atoms with E-state index in [-0.39, 0.29) is 12.4 Å². The van der Waals surface area contributed by atoms with Gasteiger partial charge >= 0.3 is 0 Å². The monoisotopic (exact) mass is 441 g/mol. The van der Waals surface area contributed by atoms with Crippen LogP contribution in [0.15, 0.2) is 0 Å². The van der Waals surface area contributed by atoms with Crippen molar-refractivity contribution in [1.82, 2.24) is 0 Å². The summed E-state index contributed by atoms with van der Waals surface area (Å²) in [5.74, 6) is 2.95. The average Bonchev–Trinajstić information content (AvgIpc) is 2.52. The Morgan fingerprint density at radius 3 is 1.59 bits per heavy atom. The van der Waals surface area contributed by atoms with E-state index in [2.05, 4.69) is 49.3 Å². The van der Waals surface area contributed by atoms with Gasteiger partial charge in [-0.15, -0.1) is 6.42 Å². The van der Waals surface area contributed by atoms with E-state index in [0.717, 1.165) is 17.6 Å². The van der Waals surface area contributed by atoms with Gasteiger partial charge in [-0.1, -0.05) is 58.3 Å². The Bertz CT molecular complexity index is 271. The molecule has 0 saturated heterocycles. The molecule has 0 heterocycles. The quantitative estimate of drug-likeness (QED) is 0.0970. The van der Waals surface area contributed by atoms with Gasteiger partial charge < -0.3 is 16.9 Å². The Labute approximate surface area is 160 Å². The summed E-state index contributed by atoms with van der Waals surface area (Å²) in [6.07, 6.45) is 19.7. The lowest BCUT2D eigenvalue weighted by Gasteiger charge is -2.39. The second kappa shape index (κ2) is 16.4. The van der Waals surface area contributed by atoms with Gasteiger partial charge in [0.15, 0.2) is 0 Å². The molecule has 0 saturated carbocycles. The van der Waals surface area contributed by atoms with Gasteiger partial charge in [-0.2, -0.15) is 0 Å². The van der Waals surface area contributed by atoms with Crippen LogP contribution >= 0.6 is 22.6 Å². The van der Waals surface area contributed by atoms with Crippen LogP contribution in [0.25, 0.3) is 0 Å². The van der Waals surface area contributed by atoms with E-state index in [9.17, 15) is 0 Å². The molecule has 1 atom stereocenters. The molecule has 1 nitrogen and oxygen atoms in total. The van der Waals surface area contributed by atoms with Crippen molar-refractivity contribution in [2.75, 3.05) is 19.6 Å². The van der Waals surface area contributed by atoms with Crippen LogP contribution in [0, 0.1) is 12.3 Å². The van der Waals surface area contributed by atoms with Gasteiger partial charge in [-0.05, 0) is 32.6 Å². The predicted molar refractivity (Wildman–Crippen MR) is 105 cm³/mol. The molecule has 0 aromatic rings. The second-order valence-electron chi connectivity index (χ2n) is 6.26. The fourth-order valence-corrected chi connectivity index (χ4v) is 4.11. The highest BCUT2D eigenvalue weighted by Crippen LogP contribution is 2.21. The maximum atomic E-state index is 5.66. The van der Waals surface area contributed by atoms with E-state index < -0.39 is 0 Å². The molecule has 0 aromatic carbocycles. The zero-order valence-electron chi connectivity index (χ0n) is 15.1. The van der Waals surface area contributed by atoms with Crippen molar-refractivity contribution in [3.63, 3.8) is 0 Å². The van der Waals surface area contributed by atoms with E-state index in [1.807, 2.05) is 0 Å². The molecule has 132 valence electrons. The van der Waals surface area contributed by atoms with Crippen molar-refractivity contribution < 1.29 is 16.9 Å². The zero-order valence-corrected chi connectivity index (χ0v) is 18.0. The molecule has 3 heteroatoms. The summed E-state index contributed by atoms with van der Waals surface area (Å²) in [6, 6.07) is 0. The molecule has 0 N–H and O–H groups in total.